The van der Waals surface area contributed by atoms with Gasteiger partial charge >= 0.3 is 0 Å². The number of pyridine rings is 1. The molecule has 0 amide bonds. The van der Waals surface area contributed by atoms with Crippen LogP contribution >= 0.6 is 0 Å². The maximum absolute atomic E-state index is 13.5. The summed E-state index contributed by atoms with van der Waals surface area (Å²) in [5, 5.41) is 9.51. The van der Waals surface area contributed by atoms with Crippen LogP contribution in [0.1, 0.15) is 41.6 Å². The van der Waals surface area contributed by atoms with E-state index in [1.807, 2.05) is 43.3 Å². The first kappa shape index (κ1) is 23.0. The van der Waals surface area contributed by atoms with Crippen molar-refractivity contribution in [2.75, 3.05) is 0 Å². The number of halogens is 1. The highest BCUT2D eigenvalue weighted by Gasteiger charge is 2.22. The Bertz CT molecular complexity index is 1160. The minimum atomic E-state index is -0.224. The van der Waals surface area contributed by atoms with Gasteiger partial charge in [-0.1, -0.05) is 56.0 Å². The summed E-state index contributed by atoms with van der Waals surface area (Å²) in [4.78, 5) is 4.97. The minimum Gasteiger partial charge on any atom is -0.402 e. The van der Waals surface area contributed by atoms with Crippen molar-refractivity contribution in [2.45, 2.75) is 32.1 Å². The Kier molecular flexibility index (Phi) is 7.57. The third-order valence-corrected chi connectivity index (χ3v) is 5.84. The summed E-state index contributed by atoms with van der Waals surface area (Å²) in [6.45, 7) is 9.97. The highest BCUT2D eigenvalue weighted by Crippen LogP contribution is 2.33. The van der Waals surface area contributed by atoms with Gasteiger partial charge in [0.1, 0.15) is 5.82 Å². The van der Waals surface area contributed by atoms with E-state index in [-0.39, 0.29) is 17.7 Å². The van der Waals surface area contributed by atoms with Crippen molar-refractivity contribution in [2.24, 2.45) is 11.7 Å². The molecular weight excluding hydrogens is 397 g/mol. The molecule has 1 aromatic heterocycles. The lowest BCUT2D eigenvalue weighted by atomic mass is 9.83. The summed E-state index contributed by atoms with van der Waals surface area (Å²) in [5.41, 5.74) is 11.7. The van der Waals surface area contributed by atoms with Crippen LogP contribution in [-0.2, 0) is 12.8 Å². The van der Waals surface area contributed by atoms with E-state index in [4.69, 9.17) is 10.7 Å². The summed E-state index contributed by atoms with van der Waals surface area (Å²) >= 11 is 0. The number of allylic oxidation sites excluding steroid dienone is 2. The van der Waals surface area contributed by atoms with Gasteiger partial charge in [-0.15, -0.1) is 6.58 Å². The van der Waals surface area contributed by atoms with Crippen LogP contribution in [-0.4, -0.2) is 4.98 Å². The molecule has 2 aromatic carbocycles. The summed E-state index contributed by atoms with van der Waals surface area (Å²) < 4.78 is 13.5. The van der Waals surface area contributed by atoms with E-state index >= 15 is 0 Å². The van der Waals surface area contributed by atoms with Gasteiger partial charge in [-0.2, -0.15) is 5.26 Å². The van der Waals surface area contributed by atoms with Gasteiger partial charge in [0.25, 0.3) is 0 Å². The molecule has 3 aromatic rings. The van der Waals surface area contributed by atoms with Crippen molar-refractivity contribution in [3.63, 3.8) is 0 Å². The first-order valence-electron chi connectivity index (χ1n) is 10.7. The predicted octanol–water partition coefficient (Wildman–Crippen LogP) is 6.31. The Hall–Kier alpha value is -3.71. The minimum absolute atomic E-state index is 0.00788. The Morgan fingerprint density at radius 1 is 1.16 bits per heavy atom. The molecule has 2 unspecified atom stereocenters. The number of nitrogens with two attached hydrogens (primary N) is 1. The Labute approximate surface area is 189 Å². The SMILES string of the molecule is C=CC(c1ccc(-c2ccccc2C#N)nc1CCCc1cccc(F)c1)C(C)C(=C)N. The smallest absolute Gasteiger partial charge is 0.123 e. The van der Waals surface area contributed by atoms with E-state index < -0.39 is 0 Å². The molecule has 3 nitrogen and oxygen atoms in total. The Morgan fingerprint density at radius 2 is 1.94 bits per heavy atom. The predicted molar refractivity (Wildman–Crippen MR) is 128 cm³/mol. The van der Waals surface area contributed by atoms with Crippen LogP contribution in [0.25, 0.3) is 11.3 Å². The number of nitriles is 1. The Balaban J connectivity index is 1.97. The van der Waals surface area contributed by atoms with Crippen LogP contribution in [0.15, 0.2) is 85.6 Å². The van der Waals surface area contributed by atoms with E-state index in [1.165, 1.54) is 6.07 Å². The molecule has 2 atom stereocenters. The zero-order chi connectivity index (χ0) is 23.1. The average molecular weight is 426 g/mol. The van der Waals surface area contributed by atoms with E-state index in [2.05, 4.69) is 25.3 Å². The molecule has 162 valence electrons. The van der Waals surface area contributed by atoms with Crippen LogP contribution in [0, 0.1) is 23.1 Å². The van der Waals surface area contributed by atoms with Gasteiger partial charge in [-0.25, -0.2) is 4.39 Å². The second-order valence-electron chi connectivity index (χ2n) is 8.00. The standard InChI is InChI=1S/C28H28FN3/c1-4-24(19(2)20(3)31)26-15-16-28(25-13-6-5-11-22(25)18-30)32-27(26)14-8-10-21-9-7-12-23(29)17-21/h4-7,9,11-13,15-17,19,24H,1,3,8,10,14,31H2,2H3. The van der Waals surface area contributed by atoms with Gasteiger partial charge in [0.15, 0.2) is 0 Å². The van der Waals surface area contributed by atoms with Crippen molar-refractivity contribution in [1.29, 1.82) is 5.26 Å². The van der Waals surface area contributed by atoms with E-state index in [0.29, 0.717) is 17.7 Å². The van der Waals surface area contributed by atoms with E-state index in [1.54, 1.807) is 18.2 Å². The lowest BCUT2D eigenvalue weighted by molar-refractivity contribution is 0.592. The summed E-state index contributed by atoms with van der Waals surface area (Å²) in [6, 6.07) is 20.4. The highest BCUT2D eigenvalue weighted by atomic mass is 19.1. The van der Waals surface area contributed by atoms with Gasteiger partial charge in [-0.3, -0.25) is 4.98 Å². The van der Waals surface area contributed by atoms with Crippen LogP contribution in [0.3, 0.4) is 0 Å². The van der Waals surface area contributed by atoms with Crippen LogP contribution in [0.2, 0.25) is 0 Å². The Morgan fingerprint density at radius 3 is 2.62 bits per heavy atom. The lowest BCUT2D eigenvalue weighted by Gasteiger charge is -2.24. The molecule has 0 saturated carbocycles. The van der Waals surface area contributed by atoms with E-state index in [0.717, 1.165) is 40.9 Å². The number of hydrogen-bond acceptors (Lipinski definition) is 3. The van der Waals surface area contributed by atoms with Crippen molar-refractivity contribution in [3.05, 3.63) is 114 Å². The second-order valence-corrected chi connectivity index (χ2v) is 8.00. The van der Waals surface area contributed by atoms with Crippen molar-refractivity contribution >= 4 is 0 Å². The number of rotatable bonds is 9. The number of aromatic nitrogens is 1. The fourth-order valence-electron chi connectivity index (χ4n) is 3.95. The summed E-state index contributed by atoms with van der Waals surface area (Å²) in [5.74, 6) is -0.239. The van der Waals surface area contributed by atoms with Crippen molar-refractivity contribution < 1.29 is 4.39 Å². The molecule has 0 radical (unpaired) electrons. The number of hydrogen-bond donors (Lipinski definition) is 1. The van der Waals surface area contributed by atoms with Gasteiger partial charge < -0.3 is 5.73 Å². The molecular formula is C28H28FN3. The van der Waals surface area contributed by atoms with Crippen LogP contribution in [0.5, 0.6) is 0 Å². The van der Waals surface area contributed by atoms with E-state index in [9.17, 15) is 9.65 Å². The molecule has 0 spiro atoms. The second kappa shape index (κ2) is 10.5. The molecule has 0 fully saturated rings. The van der Waals surface area contributed by atoms with Crippen molar-refractivity contribution in [1.82, 2.24) is 4.98 Å². The molecule has 0 aliphatic carbocycles. The maximum atomic E-state index is 13.5. The quantitative estimate of drug-likeness (QED) is 0.408. The fourth-order valence-corrected chi connectivity index (χ4v) is 3.95. The zero-order valence-electron chi connectivity index (χ0n) is 18.4. The lowest BCUT2D eigenvalue weighted by Crippen LogP contribution is -2.17. The molecule has 1 heterocycles. The fraction of sp³-hybridized carbons (Fsp3) is 0.214. The topological polar surface area (TPSA) is 62.7 Å². The molecule has 0 aliphatic rings. The zero-order valence-corrected chi connectivity index (χ0v) is 18.4. The molecule has 2 N–H and O–H groups in total. The number of benzene rings is 2. The summed E-state index contributed by atoms with van der Waals surface area (Å²) in [6.07, 6.45) is 4.16. The molecule has 0 bridgehead atoms. The number of nitrogens with zero attached hydrogens (tertiary/aromatic N) is 2. The molecule has 4 heteroatoms. The average Bonchev–Trinajstić information content (AvgIpc) is 2.80. The maximum Gasteiger partial charge on any atom is 0.123 e. The molecule has 32 heavy (non-hydrogen) atoms. The monoisotopic (exact) mass is 425 g/mol. The van der Waals surface area contributed by atoms with Crippen LogP contribution in [0.4, 0.5) is 4.39 Å². The van der Waals surface area contributed by atoms with Crippen LogP contribution < -0.4 is 5.73 Å². The van der Waals surface area contributed by atoms with Gasteiger partial charge in [0, 0.05) is 28.8 Å². The largest absolute Gasteiger partial charge is 0.402 e. The molecule has 0 saturated heterocycles. The van der Waals surface area contributed by atoms with Gasteiger partial charge in [0.05, 0.1) is 17.3 Å². The normalized spacial score (nSPS) is 12.5. The third kappa shape index (κ3) is 5.31. The number of aryl methyl sites for hydroxylation is 2. The highest BCUT2D eigenvalue weighted by molar-refractivity contribution is 5.67. The van der Waals surface area contributed by atoms with Gasteiger partial charge in [0.2, 0.25) is 0 Å². The third-order valence-electron chi connectivity index (χ3n) is 5.84. The van der Waals surface area contributed by atoms with Crippen molar-refractivity contribution in [3.8, 4) is 17.3 Å². The molecule has 0 aliphatic heterocycles. The first-order valence-corrected chi connectivity index (χ1v) is 10.7. The molecule has 3 rings (SSSR count). The summed E-state index contributed by atoms with van der Waals surface area (Å²) in [7, 11) is 0. The van der Waals surface area contributed by atoms with Gasteiger partial charge in [-0.05, 0) is 54.7 Å². The first-order chi connectivity index (χ1) is 15.4.